The van der Waals surface area contributed by atoms with Crippen molar-refractivity contribution in [3.63, 3.8) is 0 Å². The number of carbonyl (C=O) groups is 1. The third-order valence-electron chi connectivity index (χ3n) is 2.85. The van der Waals surface area contributed by atoms with Gasteiger partial charge in [-0.25, -0.2) is 14.8 Å². The highest BCUT2D eigenvalue weighted by Crippen LogP contribution is 2.20. The van der Waals surface area contributed by atoms with E-state index in [0.717, 1.165) is 11.3 Å². The number of carboxylic acids is 1. The van der Waals surface area contributed by atoms with Crippen LogP contribution in [0.25, 0.3) is 0 Å². The predicted molar refractivity (Wildman–Crippen MR) is 74.1 cm³/mol. The second-order valence-electron chi connectivity index (χ2n) is 4.23. The van der Waals surface area contributed by atoms with Crippen LogP contribution >= 0.6 is 0 Å². The quantitative estimate of drug-likeness (QED) is 0.895. The van der Waals surface area contributed by atoms with Crippen LogP contribution in [0.15, 0.2) is 36.7 Å². The highest BCUT2D eigenvalue weighted by molar-refractivity contribution is 5.84. The Morgan fingerprint density at radius 3 is 2.65 bits per heavy atom. The molecule has 1 heterocycles. The average molecular weight is 273 g/mol. The van der Waals surface area contributed by atoms with E-state index in [9.17, 15) is 4.79 Å². The minimum atomic E-state index is -1.09. The molecule has 1 aromatic heterocycles. The summed E-state index contributed by atoms with van der Waals surface area (Å²) in [6.45, 7) is 0.588. The van der Waals surface area contributed by atoms with Crippen molar-refractivity contribution in [3.8, 4) is 5.75 Å². The van der Waals surface area contributed by atoms with Gasteiger partial charge in [0.2, 0.25) is 0 Å². The lowest BCUT2D eigenvalue weighted by Gasteiger charge is -2.19. The molecule has 1 aromatic carbocycles. The molecule has 2 rings (SSSR count). The number of anilines is 1. The molecule has 2 aromatic rings. The smallest absolute Gasteiger partial charge is 0.356 e. The number of rotatable bonds is 5. The predicted octanol–water partition coefficient (Wildman–Crippen LogP) is 1.82. The first-order valence-electron chi connectivity index (χ1n) is 6.00. The van der Waals surface area contributed by atoms with E-state index in [2.05, 4.69) is 9.97 Å². The Kier molecular flexibility index (Phi) is 4.14. The van der Waals surface area contributed by atoms with Gasteiger partial charge in [-0.1, -0.05) is 18.2 Å². The van der Waals surface area contributed by atoms with Crippen molar-refractivity contribution in [2.24, 2.45) is 0 Å². The van der Waals surface area contributed by atoms with Gasteiger partial charge in [-0.05, 0) is 6.07 Å². The second kappa shape index (κ2) is 6.01. The van der Waals surface area contributed by atoms with Gasteiger partial charge in [0.1, 0.15) is 11.6 Å². The standard InChI is InChI=1S/C14H15N3O3/c1-17(9-10-5-3-4-6-12(10)20-2)13-8-15-11(7-16-13)14(18)19/h3-8H,9H2,1-2H3,(H,18,19). The number of ether oxygens (including phenoxy) is 1. The Balaban J connectivity index is 2.15. The number of carboxylic acid groups (broad SMARTS) is 1. The molecule has 0 saturated heterocycles. The fourth-order valence-corrected chi connectivity index (χ4v) is 1.80. The maximum absolute atomic E-state index is 10.7. The van der Waals surface area contributed by atoms with E-state index in [1.54, 1.807) is 7.11 Å². The number of hydrogen-bond acceptors (Lipinski definition) is 5. The van der Waals surface area contributed by atoms with Crippen molar-refractivity contribution in [1.29, 1.82) is 0 Å². The fourth-order valence-electron chi connectivity index (χ4n) is 1.80. The summed E-state index contributed by atoms with van der Waals surface area (Å²) in [5.41, 5.74) is 0.945. The normalized spacial score (nSPS) is 10.1. The molecule has 0 aliphatic heterocycles. The summed E-state index contributed by atoms with van der Waals surface area (Å²) in [7, 11) is 3.48. The van der Waals surface area contributed by atoms with Gasteiger partial charge in [0.25, 0.3) is 0 Å². The number of hydrogen-bond donors (Lipinski definition) is 1. The lowest BCUT2D eigenvalue weighted by atomic mass is 10.2. The summed E-state index contributed by atoms with van der Waals surface area (Å²) >= 11 is 0. The van der Waals surface area contributed by atoms with Crippen molar-refractivity contribution in [1.82, 2.24) is 9.97 Å². The monoisotopic (exact) mass is 273 g/mol. The van der Waals surface area contributed by atoms with Gasteiger partial charge in [0.05, 0.1) is 19.5 Å². The molecule has 0 radical (unpaired) electrons. The molecule has 0 aliphatic carbocycles. The van der Waals surface area contributed by atoms with Crippen LogP contribution in [-0.2, 0) is 6.54 Å². The van der Waals surface area contributed by atoms with Crippen molar-refractivity contribution in [2.45, 2.75) is 6.54 Å². The maximum atomic E-state index is 10.7. The first-order valence-corrected chi connectivity index (χ1v) is 6.00. The summed E-state index contributed by atoms with van der Waals surface area (Å²) in [4.78, 5) is 20.5. The molecular formula is C14H15N3O3. The number of nitrogens with zero attached hydrogens (tertiary/aromatic N) is 3. The van der Waals surface area contributed by atoms with Gasteiger partial charge >= 0.3 is 5.97 Å². The number of aromatic carboxylic acids is 1. The van der Waals surface area contributed by atoms with Gasteiger partial charge in [0.15, 0.2) is 5.69 Å². The first kappa shape index (κ1) is 13.8. The summed E-state index contributed by atoms with van der Waals surface area (Å²) < 4.78 is 5.29. The Morgan fingerprint density at radius 1 is 1.30 bits per heavy atom. The number of aromatic nitrogens is 2. The maximum Gasteiger partial charge on any atom is 0.356 e. The van der Waals surface area contributed by atoms with Crippen LogP contribution in [0.4, 0.5) is 5.82 Å². The van der Waals surface area contributed by atoms with Gasteiger partial charge in [-0.3, -0.25) is 0 Å². The fraction of sp³-hybridized carbons (Fsp3) is 0.214. The summed E-state index contributed by atoms with van der Waals surface area (Å²) in [6, 6.07) is 7.70. The molecule has 104 valence electrons. The molecule has 0 bridgehead atoms. The van der Waals surface area contributed by atoms with E-state index in [1.165, 1.54) is 12.4 Å². The van der Waals surface area contributed by atoms with Crippen molar-refractivity contribution >= 4 is 11.8 Å². The molecule has 0 fully saturated rings. The SMILES string of the molecule is COc1ccccc1CN(C)c1cnc(C(=O)O)cn1. The van der Waals surface area contributed by atoms with Crippen LogP contribution in [-0.4, -0.2) is 35.2 Å². The van der Waals surface area contributed by atoms with E-state index in [1.807, 2.05) is 36.2 Å². The average Bonchev–Trinajstić information content (AvgIpc) is 2.48. The lowest BCUT2D eigenvalue weighted by molar-refractivity contribution is 0.0690. The highest BCUT2D eigenvalue weighted by atomic mass is 16.5. The van der Waals surface area contributed by atoms with Gasteiger partial charge in [0, 0.05) is 19.2 Å². The van der Waals surface area contributed by atoms with Crippen LogP contribution in [0.5, 0.6) is 5.75 Å². The lowest BCUT2D eigenvalue weighted by Crippen LogP contribution is -2.19. The Morgan fingerprint density at radius 2 is 2.05 bits per heavy atom. The van der Waals surface area contributed by atoms with E-state index in [-0.39, 0.29) is 5.69 Å². The largest absolute Gasteiger partial charge is 0.496 e. The highest BCUT2D eigenvalue weighted by Gasteiger charge is 2.10. The summed E-state index contributed by atoms with van der Waals surface area (Å²) in [5.74, 6) is 0.312. The van der Waals surface area contributed by atoms with Gasteiger partial charge < -0.3 is 14.7 Å². The molecular weight excluding hydrogens is 258 g/mol. The Labute approximate surface area is 116 Å². The zero-order chi connectivity index (χ0) is 14.5. The van der Waals surface area contributed by atoms with E-state index >= 15 is 0 Å². The van der Waals surface area contributed by atoms with E-state index in [0.29, 0.717) is 12.4 Å². The van der Waals surface area contributed by atoms with Crippen LogP contribution < -0.4 is 9.64 Å². The Bertz CT molecular complexity index is 599. The van der Waals surface area contributed by atoms with Crippen LogP contribution in [0.2, 0.25) is 0 Å². The molecule has 6 heteroatoms. The topological polar surface area (TPSA) is 75.5 Å². The van der Waals surface area contributed by atoms with Crippen LogP contribution in [0.3, 0.4) is 0 Å². The molecule has 0 amide bonds. The molecule has 6 nitrogen and oxygen atoms in total. The van der Waals surface area contributed by atoms with E-state index in [4.69, 9.17) is 9.84 Å². The third-order valence-corrected chi connectivity index (χ3v) is 2.85. The van der Waals surface area contributed by atoms with Crippen molar-refractivity contribution < 1.29 is 14.6 Å². The molecule has 0 atom stereocenters. The zero-order valence-electron chi connectivity index (χ0n) is 11.3. The van der Waals surface area contributed by atoms with Gasteiger partial charge in [-0.2, -0.15) is 0 Å². The van der Waals surface area contributed by atoms with Crippen molar-refractivity contribution in [2.75, 3.05) is 19.1 Å². The molecule has 0 aliphatic rings. The molecule has 0 spiro atoms. The molecule has 1 N–H and O–H groups in total. The first-order chi connectivity index (χ1) is 9.61. The minimum Gasteiger partial charge on any atom is -0.496 e. The number of benzene rings is 1. The number of para-hydroxylation sites is 1. The zero-order valence-corrected chi connectivity index (χ0v) is 11.3. The molecule has 20 heavy (non-hydrogen) atoms. The molecule has 0 saturated carbocycles. The minimum absolute atomic E-state index is 0.0700. The second-order valence-corrected chi connectivity index (χ2v) is 4.23. The summed E-state index contributed by atoms with van der Waals surface area (Å²) in [6.07, 6.45) is 2.69. The van der Waals surface area contributed by atoms with Crippen LogP contribution in [0, 0.1) is 0 Å². The van der Waals surface area contributed by atoms with E-state index < -0.39 is 5.97 Å². The molecule has 0 unspecified atom stereocenters. The summed E-state index contributed by atoms with van der Waals surface area (Å²) in [5, 5.41) is 8.79. The third kappa shape index (κ3) is 3.03. The van der Waals surface area contributed by atoms with Gasteiger partial charge in [-0.15, -0.1) is 0 Å². The number of methoxy groups -OCH3 is 1. The van der Waals surface area contributed by atoms with Crippen molar-refractivity contribution in [3.05, 3.63) is 47.9 Å². The Hall–Kier alpha value is -2.63. The van der Waals surface area contributed by atoms with Crippen LogP contribution in [0.1, 0.15) is 16.1 Å².